The lowest BCUT2D eigenvalue weighted by Gasteiger charge is -2.40. The highest BCUT2D eigenvalue weighted by Crippen LogP contribution is 2.29. The van der Waals surface area contributed by atoms with Gasteiger partial charge in [0, 0.05) is 47.7 Å². The van der Waals surface area contributed by atoms with Crippen molar-refractivity contribution in [2.24, 2.45) is 0 Å². The molecule has 1 atom stereocenters. The number of fused-ring (bicyclic) bond motifs is 1. The summed E-state index contributed by atoms with van der Waals surface area (Å²) >= 11 is 2.03. The van der Waals surface area contributed by atoms with E-state index in [0.29, 0.717) is 6.04 Å². The molecule has 1 aromatic heterocycles. The predicted octanol–water partition coefficient (Wildman–Crippen LogP) is 4.01. The van der Waals surface area contributed by atoms with Gasteiger partial charge in [0.15, 0.2) is 0 Å². The minimum atomic E-state index is 0.378. The van der Waals surface area contributed by atoms with Crippen molar-refractivity contribution in [3.05, 3.63) is 35.5 Å². The van der Waals surface area contributed by atoms with Gasteiger partial charge in [-0.1, -0.05) is 18.6 Å². The Kier molecular flexibility index (Phi) is 5.95. The molecule has 0 aliphatic carbocycles. The van der Waals surface area contributed by atoms with E-state index in [-0.39, 0.29) is 0 Å². The Labute approximate surface area is 173 Å². The van der Waals surface area contributed by atoms with E-state index < -0.39 is 0 Å². The second-order valence-corrected chi connectivity index (χ2v) is 9.87. The maximum Gasteiger partial charge on any atom is 0.0587 e. The molecular formula is C23H33N4S. The van der Waals surface area contributed by atoms with Crippen molar-refractivity contribution in [2.45, 2.75) is 50.7 Å². The van der Waals surface area contributed by atoms with Gasteiger partial charge in [-0.25, -0.2) is 5.32 Å². The fourth-order valence-electron chi connectivity index (χ4n) is 5.23. The quantitative estimate of drug-likeness (QED) is 0.847. The number of likely N-dealkylation sites (tertiary alicyclic amines) is 2. The lowest BCUT2D eigenvalue weighted by atomic mass is 9.99. The van der Waals surface area contributed by atoms with Gasteiger partial charge in [0.1, 0.15) is 0 Å². The largest absolute Gasteiger partial charge is 0.361 e. The van der Waals surface area contributed by atoms with Crippen LogP contribution < -0.4 is 5.32 Å². The molecule has 0 spiro atoms. The Morgan fingerprint density at radius 3 is 2.71 bits per heavy atom. The number of piperidine rings is 2. The second kappa shape index (κ2) is 8.78. The van der Waals surface area contributed by atoms with Crippen LogP contribution in [-0.4, -0.2) is 65.1 Å². The normalized spacial score (nSPS) is 26.1. The van der Waals surface area contributed by atoms with Crippen molar-refractivity contribution in [1.82, 2.24) is 20.1 Å². The zero-order chi connectivity index (χ0) is 18.8. The third kappa shape index (κ3) is 4.13. The number of hydrogen-bond donors (Lipinski definition) is 1. The highest BCUT2D eigenvalue weighted by Gasteiger charge is 2.26. The molecule has 151 valence electrons. The van der Waals surface area contributed by atoms with Crippen LogP contribution in [0, 0.1) is 0 Å². The molecule has 4 heterocycles. The summed E-state index contributed by atoms with van der Waals surface area (Å²) in [5.74, 6) is 2.31. The zero-order valence-corrected chi connectivity index (χ0v) is 17.7. The van der Waals surface area contributed by atoms with Gasteiger partial charge in [-0.2, -0.15) is 11.8 Å². The fourth-order valence-corrected chi connectivity index (χ4v) is 6.15. The summed E-state index contributed by atoms with van der Waals surface area (Å²) in [4.78, 5) is 8.96. The smallest absolute Gasteiger partial charge is 0.0587 e. The molecule has 5 heteroatoms. The molecule has 2 aromatic rings. The minimum absolute atomic E-state index is 0.378. The number of benzene rings is 1. The Bertz CT molecular complexity index is 768. The summed E-state index contributed by atoms with van der Waals surface area (Å²) in [7, 11) is 0. The molecule has 0 saturated carbocycles. The summed E-state index contributed by atoms with van der Waals surface area (Å²) in [6.45, 7) is 7.23. The Balaban J connectivity index is 1.21. The van der Waals surface area contributed by atoms with Gasteiger partial charge >= 0.3 is 0 Å². The molecular weight excluding hydrogens is 364 g/mol. The summed E-state index contributed by atoms with van der Waals surface area (Å²) in [6.07, 6.45) is 9.17. The number of aromatic nitrogens is 1. The van der Waals surface area contributed by atoms with Gasteiger partial charge in [0.25, 0.3) is 0 Å². The number of thioether (sulfide) groups is 1. The first-order valence-electron chi connectivity index (χ1n) is 11.2. The number of rotatable bonds is 4. The van der Waals surface area contributed by atoms with Gasteiger partial charge < -0.3 is 9.88 Å². The molecule has 0 amide bonds. The first kappa shape index (κ1) is 19.0. The first-order valence-corrected chi connectivity index (χ1v) is 12.3. The standard InChI is InChI=1S/C23H33N4S/c1-2-9-27(10-3-1)20-6-11-26(12-7-20)16-19-15-25-22-14-18(4-5-21(19)22)23-17-28-13-8-24-23/h4-5,14-15,20,23,25H,1-3,6-13,16-17H2. The Morgan fingerprint density at radius 1 is 1.07 bits per heavy atom. The zero-order valence-electron chi connectivity index (χ0n) is 16.9. The molecule has 0 bridgehead atoms. The number of nitrogens with one attached hydrogen (secondary N) is 1. The van der Waals surface area contributed by atoms with Crippen LogP contribution in [0.1, 0.15) is 49.3 Å². The number of aromatic amines is 1. The summed E-state index contributed by atoms with van der Waals surface area (Å²) < 4.78 is 0. The molecule has 5 rings (SSSR count). The van der Waals surface area contributed by atoms with Crippen LogP contribution in [-0.2, 0) is 6.54 Å². The van der Waals surface area contributed by atoms with Gasteiger partial charge in [-0.15, -0.1) is 0 Å². The van der Waals surface area contributed by atoms with Gasteiger partial charge in [0.05, 0.1) is 6.04 Å². The van der Waals surface area contributed by atoms with E-state index in [1.54, 1.807) is 0 Å². The Morgan fingerprint density at radius 2 is 1.93 bits per heavy atom. The van der Waals surface area contributed by atoms with Crippen LogP contribution in [0.15, 0.2) is 24.4 Å². The van der Waals surface area contributed by atoms with Gasteiger partial charge in [-0.05, 0) is 69.1 Å². The molecule has 3 aliphatic rings. The lowest BCUT2D eigenvalue weighted by molar-refractivity contribution is 0.0898. The van der Waals surface area contributed by atoms with Gasteiger partial charge in [-0.3, -0.25) is 4.90 Å². The van der Waals surface area contributed by atoms with Crippen LogP contribution in [0.25, 0.3) is 10.9 Å². The number of nitrogens with zero attached hydrogens (tertiary/aromatic N) is 3. The molecule has 3 fully saturated rings. The number of hydrogen-bond acceptors (Lipinski definition) is 3. The summed E-state index contributed by atoms with van der Waals surface area (Å²) in [6, 6.07) is 8.18. The van der Waals surface area contributed by atoms with Crippen LogP contribution in [0.2, 0.25) is 0 Å². The van der Waals surface area contributed by atoms with E-state index in [0.717, 1.165) is 24.9 Å². The third-order valence-corrected chi connectivity index (χ3v) is 7.92. The average Bonchev–Trinajstić information content (AvgIpc) is 3.17. The molecule has 3 saturated heterocycles. The summed E-state index contributed by atoms with van der Waals surface area (Å²) in [5.41, 5.74) is 4.10. The van der Waals surface area contributed by atoms with Crippen molar-refractivity contribution in [2.75, 3.05) is 44.2 Å². The van der Waals surface area contributed by atoms with Crippen molar-refractivity contribution in [3.63, 3.8) is 0 Å². The maximum atomic E-state index is 4.81. The van der Waals surface area contributed by atoms with E-state index in [4.69, 9.17) is 5.32 Å². The van der Waals surface area contributed by atoms with E-state index in [1.807, 2.05) is 11.8 Å². The molecule has 1 unspecified atom stereocenters. The molecule has 4 nitrogen and oxygen atoms in total. The van der Waals surface area contributed by atoms with Crippen molar-refractivity contribution in [1.29, 1.82) is 0 Å². The van der Waals surface area contributed by atoms with Crippen LogP contribution in [0.5, 0.6) is 0 Å². The highest BCUT2D eigenvalue weighted by atomic mass is 32.2. The monoisotopic (exact) mass is 397 g/mol. The van der Waals surface area contributed by atoms with Crippen LogP contribution >= 0.6 is 11.8 Å². The average molecular weight is 398 g/mol. The van der Waals surface area contributed by atoms with Gasteiger partial charge in [0.2, 0.25) is 0 Å². The second-order valence-electron chi connectivity index (χ2n) is 8.72. The maximum absolute atomic E-state index is 4.81. The fraction of sp³-hybridized carbons (Fsp3) is 0.652. The van der Waals surface area contributed by atoms with E-state index in [1.165, 1.54) is 86.1 Å². The van der Waals surface area contributed by atoms with Crippen molar-refractivity contribution in [3.8, 4) is 0 Å². The third-order valence-electron chi connectivity index (χ3n) is 6.90. The molecule has 1 aromatic carbocycles. The lowest BCUT2D eigenvalue weighted by Crippen LogP contribution is -2.46. The Hall–Kier alpha value is -1.01. The molecule has 1 radical (unpaired) electrons. The first-order chi connectivity index (χ1) is 13.9. The topological polar surface area (TPSA) is 36.4 Å². The van der Waals surface area contributed by atoms with Crippen molar-refractivity contribution < 1.29 is 0 Å². The van der Waals surface area contributed by atoms with E-state index in [9.17, 15) is 0 Å². The SMILES string of the molecule is c1cc2c(CN3CCC(N4CCCCC4)CC3)c[nH]c2cc1C1CSCC[N]1. The molecule has 1 N–H and O–H groups in total. The highest BCUT2D eigenvalue weighted by molar-refractivity contribution is 7.99. The van der Waals surface area contributed by atoms with E-state index >= 15 is 0 Å². The van der Waals surface area contributed by atoms with Crippen molar-refractivity contribution >= 4 is 22.7 Å². The molecule has 28 heavy (non-hydrogen) atoms. The minimum Gasteiger partial charge on any atom is -0.361 e. The summed E-state index contributed by atoms with van der Waals surface area (Å²) in [5, 5.41) is 6.20. The predicted molar refractivity (Wildman–Crippen MR) is 119 cm³/mol. The van der Waals surface area contributed by atoms with E-state index in [2.05, 4.69) is 39.2 Å². The van der Waals surface area contributed by atoms with Crippen LogP contribution in [0.4, 0.5) is 0 Å². The number of H-pyrrole nitrogens is 1. The van der Waals surface area contributed by atoms with Crippen LogP contribution in [0.3, 0.4) is 0 Å². The molecule has 3 aliphatic heterocycles.